The van der Waals surface area contributed by atoms with E-state index in [1.54, 1.807) is 30.5 Å². The fraction of sp³-hybridized carbons (Fsp3) is 0.0625. The summed E-state index contributed by atoms with van der Waals surface area (Å²) in [4.78, 5) is 15.2. The lowest BCUT2D eigenvalue weighted by Gasteiger charge is -2.04. The summed E-state index contributed by atoms with van der Waals surface area (Å²) in [6, 6.07) is 11.4. The van der Waals surface area contributed by atoms with Crippen molar-refractivity contribution in [1.82, 2.24) is 10.3 Å². The standard InChI is InChI=1S/C16H14FN3O/c17-11-3-1-10(2-4-11)8-20-16(21)14-9-19-15-7-12(18)5-6-13(14)15/h1-7,9,19H,8,18H2,(H,20,21). The molecule has 1 heterocycles. The number of nitrogens with two attached hydrogens (primary N) is 1. The number of rotatable bonds is 3. The first-order valence-electron chi connectivity index (χ1n) is 6.53. The van der Waals surface area contributed by atoms with E-state index in [2.05, 4.69) is 10.3 Å². The number of hydrogen-bond donors (Lipinski definition) is 3. The maximum Gasteiger partial charge on any atom is 0.253 e. The van der Waals surface area contributed by atoms with Crippen LogP contribution < -0.4 is 11.1 Å². The van der Waals surface area contributed by atoms with Gasteiger partial charge in [-0.15, -0.1) is 0 Å². The van der Waals surface area contributed by atoms with E-state index in [1.807, 2.05) is 6.07 Å². The van der Waals surface area contributed by atoms with Crippen molar-refractivity contribution in [2.45, 2.75) is 6.54 Å². The second-order valence-electron chi connectivity index (χ2n) is 4.82. The molecule has 106 valence electrons. The van der Waals surface area contributed by atoms with Crippen molar-refractivity contribution in [2.24, 2.45) is 0 Å². The van der Waals surface area contributed by atoms with E-state index in [-0.39, 0.29) is 11.7 Å². The molecule has 0 fully saturated rings. The Kier molecular flexibility index (Phi) is 3.31. The number of aromatic nitrogens is 1. The van der Waals surface area contributed by atoms with Crippen molar-refractivity contribution in [3.05, 3.63) is 65.6 Å². The SMILES string of the molecule is Nc1ccc2c(C(=O)NCc3ccc(F)cc3)c[nH]c2c1. The molecule has 2 aromatic carbocycles. The van der Waals surface area contributed by atoms with Gasteiger partial charge >= 0.3 is 0 Å². The Morgan fingerprint density at radius 2 is 1.95 bits per heavy atom. The van der Waals surface area contributed by atoms with Gasteiger partial charge in [-0.05, 0) is 35.9 Å². The first-order chi connectivity index (χ1) is 10.1. The molecule has 0 aliphatic heterocycles. The molecule has 0 spiro atoms. The Morgan fingerprint density at radius 1 is 1.19 bits per heavy atom. The number of carbonyl (C=O) groups excluding carboxylic acids is 1. The minimum absolute atomic E-state index is 0.185. The number of carbonyl (C=O) groups is 1. The van der Waals surface area contributed by atoms with Crippen LogP contribution in [0.5, 0.6) is 0 Å². The lowest BCUT2D eigenvalue weighted by Crippen LogP contribution is -2.22. The molecule has 4 N–H and O–H groups in total. The van der Waals surface area contributed by atoms with Crippen molar-refractivity contribution < 1.29 is 9.18 Å². The van der Waals surface area contributed by atoms with Crippen LogP contribution in [0.2, 0.25) is 0 Å². The molecular formula is C16H14FN3O. The van der Waals surface area contributed by atoms with Crippen LogP contribution in [0.25, 0.3) is 10.9 Å². The first-order valence-corrected chi connectivity index (χ1v) is 6.53. The summed E-state index contributed by atoms with van der Waals surface area (Å²) in [5.41, 5.74) is 8.57. The third-order valence-corrected chi connectivity index (χ3v) is 3.32. The van der Waals surface area contributed by atoms with E-state index in [0.29, 0.717) is 17.8 Å². The van der Waals surface area contributed by atoms with Crippen LogP contribution in [0, 0.1) is 5.82 Å². The predicted octanol–water partition coefficient (Wildman–Crippen LogP) is 2.82. The maximum absolute atomic E-state index is 12.8. The molecule has 3 rings (SSSR count). The van der Waals surface area contributed by atoms with Gasteiger partial charge in [0.05, 0.1) is 5.56 Å². The summed E-state index contributed by atoms with van der Waals surface area (Å²) in [6.07, 6.45) is 1.66. The Bertz CT molecular complexity index is 793. The highest BCUT2D eigenvalue weighted by molar-refractivity contribution is 6.07. The van der Waals surface area contributed by atoms with Gasteiger partial charge in [-0.1, -0.05) is 12.1 Å². The van der Waals surface area contributed by atoms with Crippen LogP contribution in [-0.2, 0) is 6.54 Å². The number of benzene rings is 2. The number of nitrogens with one attached hydrogen (secondary N) is 2. The molecule has 21 heavy (non-hydrogen) atoms. The molecule has 1 aromatic heterocycles. The number of anilines is 1. The van der Waals surface area contributed by atoms with E-state index in [4.69, 9.17) is 5.73 Å². The van der Waals surface area contributed by atoms with Crippen LogP contribution >= 0.6 is 0 Å². The molecule has 0 aliphatic rings. The number of amides is 1. The molecule has 0 saturated heterocycles. The van der Waals surface area contributed by atoms with E-state index in [9.17, 15) is 9.18 Å². The third kappa shape index (κ3) is 2.72. The van der Waals surface area contributed by atoms with Gasteiger partial charge in [0.15, 0.2) is 0 Å². The zero-order valence-electron chi connectivity index (χ0n) is 11.2. The first kappa shape index (κ1) is 13.2. The molecule has 5 heteroatoms. The van der Waals surface area contributed by atoms with Gasteiger partial charge in [-0.25, -0.2) is 4.39 Å². The van der Waals surface area contributed by atoms with Crippen molar-refractivity contribution in [3.8, 4) is 0 Å². The predicted molar refractivity (Wildman–Crippen MR) is 80.3 cm³/mol. The Balaban J connectivity index is 1.76. The zero-order chi connectivity index (χ0) is 14.8. The number of halogens is 1. The van der Waals surface area contributed by atoms with E-state index in [1.165, 1.54) is 12.1 Å². The van der Waals surface area contributed by atoms with Crippen LogP contribution in [-0.4, -0.2) is 10.9 Å². The van der Waals surface area contributed by atoms with Gasteiger partial charge in [0.1, 0.15) is 5.82 Å². The molecule has 0 radical (unpaired) electrons. The number of hydrogen-bond acceptors (Lipinski definition) is 2. The van der Waals surface area contributed by atoms with Gasteiger partial charge in [-0.2, -0.15) is 0 Å². The molecule has 0 saturated carbocycles. The summed E-state index contributed by atoms with van der Waals surface area (Å²) in [7, 11) is 0. The van der Waals surface area contributed by atoms with Crippen molar-refractivity contribution in [3.63, 3.8) is 0 Å². The normalized spacial score (nSPS) is 10.7. The van der Waals surface area contributed by atoms with Gasteiger partial charge in [0, 0.05) is 29.3 Å². The summed E-state index contributed by atoms with van der Waals surface area (Å²) in [5, 5.41) is 3.64. The van der Waals surface area contributed by atoms with Gasteiger partial charge < -0.3 is 16.0 Å². The third-order valence-electron chi connectivity index (χ3n) is 3.32. The Labute approximate surface area is 120 Å². The van der Waals surface area contributed by atoms with Gasteiger partial charge in [-0.3, -0.25) is 4.79 Å². The minimum Gasteiger partial charge on any atom is -0.399 e. The number of H-pyrrole nitrogens is 1. The molecule has 0 aliphatic carbocycles. The van der Waals surface area contributed by atoms with Gasteiger partial charge in [0.2, 0.25) is 0 Å². The zero-order valence-corrected chi connectivity index (χ0v) is 11.2. The molecule has 3 aromatic rings. The van der Waals surface area contributed by atoms with E-state index >= 15 is 0 Å². The second kappa shape index (κ2) is 5.28. The Morgan fingerprint density at radius 3 is 2.71 bits per heavy atom. The number of fused-ring (bicyclic) bond motifs is 1. The smallest absolute Gasteiger partial charge is 0.253 e. The van der Waals surface area contributed by atoms with E-state index in [0.717, 1.165) is 16.5 Å². The quantitative estimate of drug-likeness (QED) is 0.647. The fourth-order valence-electron chi connectivity index (χ4n) is 2.21. The fourth-order valence-corrected chi connectivity index (χ4v) is 2.21. The molecule has 4 nitrogen and oxygen atoms in total. The second-order valence-corrected chi connectivity index (χ2v) is 4.82. The highest BCUT2D eigenvalue weighted by Gasteiger charge is 2.11. The summed E-state index contributed by atoms with van der Waals surface area (Å²) in [6.45, 7) is 0.348. The minimum atomic E-state index is -0.292. The van der Waals surface area contributed by atoms with Crippen molar-refractivity contribution >= 4 is 22.5 Å². The highest BCUT2D eigenvalue weighted by Crippen LogP contribution is 2.20. The van der Waals surface area contributed by atoms with Crippen LogP contribution in [0.4, 0.5) is 10.1 Å². The average Bonchev–Trinajstić information content (AvgIpc) is 2.89. The average molecular weight is 283 g/mol. The Hall–Kier alpha value is -2.82. The van der Waals surface area contributed by atoms with E-state index < -0.39 is 0 Å². The summed E-state index contributed by atoms with van der Waals surface area (Å²) in [5.74, 6) is -0.477. The largest absolute Gasteiger partial charge is 0.399 e. The van der Waals surface area contributed by atoms with Crippen LogP contribution in [0.1, 0.15) is 15.9 Å². The van der Waals surface area contributed by atoms with Crippen LogP contribution in [0.3, 0.4) is 0 Å². The molecule has 0 atom stereocenters. The molecule has 1 amide bonds. The summed E-state index contributed by atoms with van der Waals surface area (Å²) < 4.78 is 12.8. The summed E-state index contributed by atoms with van der Waals surface area (Å²) >= 11 is 0. The van der Waals surface area contributed by atoms with Crippen molar-refractivity contribution in [2.75, 3.05) is 5.73 Å². The van der Waals surface area contributed by atoms with Gasteiger partial charge in [0.25, 0.3) is 5.91 Å². The highest BCUT2D eigenvalue weighted by atomic mass is 19.1. The topological polar surface area (TPSA) is 70.9 Å². The lowest BCUT2D eigenvalue weighted by atomic mass is 10.1. The lowest BCUT2D eigenvalue weighted by molar-refractivity contribution is 0.0952. The molecular weight excluding hydrogens is 269 g/mol. The maximum atomic E-state index is 12.8. The van der Waals surface area contributed by atoms with Crippen LogP contribution in [0.15, 0.2) is 48.7 Å². The number of aromatic amines is 1. The monoisotopic (exact) mass is 283 g/mol. The van der Waals surface area contributed by atoms with Crippen molar-refractivity contribution in [1.29, 1.82) is 0 Å². The molecule has 0 unspecified atom stereocenters. The number of nitrogen functional groups attached to an aromatic ring is 1. The molecule has 0 bridgehead atoms.